The van der Waals surface area contributed by atoms with E-state index in [2.05, 4.69) is 10.3 Å². The molecule has 1 saturated heterocycles. The third-order valence-corrected chi connectivity index (χ3v) is 4.27. The van der Waals surface area contributed by atoms with Gasteiger partial charge >= 0.3 is 0 Å². The summed E-state index contributed by atoms with van der Waals surface area (Å²) in [7, 11) is 0. The molecule has 6 heteroatoms. The van der Waals surface area contributed by atoms with Crippen LogP contribution in [-0.2, 0) is 4.79 Å². The molecule has 0 spiro atoms. The first kappa shape index (κ1) is 12.4. The molecule has 96 valence electrons. The predicted octanol–water partition coefficient (Wildman–Crippen LogP) is 3.11. The van der Waals surface area contributed by atoms with E-state index in [-0.39, 0.29) is 11.7 Å². The van der Waals surface area contributed by atoms with Crippen LogP contribution in [0.4, 0.5) is 4.39 Å². The highest BCUT2D eigenvalue weighted by Gasteiger charge is 2.15. The molecule has 1 fully saturated rings. The molecule has 2 heterocycles. The van der Waals surface area contributed by atoms with Crippen molar-refractivity contribution in [1.29, 1.82) is 0 Å². The van der Waals surface area contributed by atoms with E-state index < -0.39 is 0 Å². The number of halogens is 1. The number of thioether (sulfide) groups is 1. The lowest BCUT2D eigenvalue weighted by Gasteiger charge is -1.95. The summed E-state index contributed by atoms with van der Waals surface area (Å²) in [5.41, 5.74) is 1.69. The molecule has 0 bridgehead atoms. The topological polar surface area (TPSA) is 42.0 Å². The number of carbonyl (C=O) groups excluding carboxylic acids is 1. The molecule has 3 rings (SSSR count). The van der Waals surface area contributed by atoms with Gasteiger partial charge in [-0.25, -0.2) is 9.37 Å². The fourth-order valence-electron chi connectivity index (χ4n) is 1.65. The van der Waals surface area contributed by atoms with Gasteiger partial charge in [0.2, 0.25) is 5.91 Å². The van der Waals surface area contributed by atoms with Crippen LogP contribution in [-0.4, -0.2) is 16.6 Å². The summed E-state index contributed by atoms with van der Waals surface area (Å²) < 4.78 is 12.8. The third-order valence-electron chi connectivity index (χ3n) is 2.54. The van der Waals surface area contributed by atoms with Gasteiger partial charge in [-0.3, -0.25) is 4.79 Å². The first-order valence-electron chi connectivity index (χ1n) is 5.56. The van der Waals surface area contributed by atoms with E-state index in [9.17, 15) is 9.18 Å². The minimum atomic E-state index is -0.258. The quantitative estimate of drug-likeness (QED) is 0.924. The molecule has 0 radical (unpaired) electrons. The zero-order chi connectivity index (χ0) is 13.2. The molecule has 1 aliphatic heterocycles. The van der Waals surface area contributed by atoms with Crippen LogP contribution in [0.25, 0.3) is 17.3 Å². The fraction of sp³-hybridized carbons (Fsp3) is 0.0769. The highest BCUT2D eigenvalue weighted by Crippen LogP contribution is 2.26. The van der Waals surface area contributed by atoms with Gasteiger partial charge in [0.25, 0.3) is 0 Å². The average molecular weight is 292 g/mol. The van der Waals surface area contributed by atoms with E-state index in [0.717, 1.165) is 21.3 Å². The van der Waals surface area contributed by atoms with Crippen molar-refractivity contribution in [3.8, 4) is 11.3 Å². The summed E-state index contributed by atoms with van der Waals surface area (Å²) >= 11 is 2.96. The third kappa shape index (κ3) is 2.85. The number of rotatable bonds is 2. The van der Waals surface area contributed by atoms with Crippen molar-refractivity contribution in [2.45, 2.75) is 0 Å². The van der Waals surface area contributed by atoms with Crippen molar-refractivity contribution < 1.29 is 9.18 Å². The molecule has 0 unspecified atom stereocenters. The van der Waals surface area contributed by atoms with Gasteiger partial charge in [-0.15, -0.1) is 11.3 Å². The van der Waals surface area contributed by atoms with Crippen LogP contribution >= 0.6 is 23.1 Å². The van der Waals surface area contributed by atoms with Crippen LogP contribution in [0.2, 0.25) is 0 Å². The lowest BCUT2D eigenvalue weighted by Crippen LogP contribution is -2.13. The number of nitrogens with one attached hydrogen (secondary N) is 1. The Labute approximate surface area is 117 Å². The summed E-state index contributed by atoms with van der Waals surface area (Å²) in [4.78, 5) is 15.5. The van der Waals surface area contributed by atoms with Gasteiger partial charge in [-0.2, -0.15) is 0 Å². The Kier molecular flexibility index (Phi) is 3.35. The number of carbonyl (C=O) groups is 1. The minimum Gasteiger partial charge on any atom is -0.320 e. The molecule has 1 aliphatic rings. The summed E-state index contributed by atoms with van der Waals surface area (Å²) in [6.07, 6.45) is 1.85. The molecule has 0 atom stereocenters. The molecular weight excluding hydrogens is 283 g/mol. The van der Waals surface area contributed by atoms with Crippen molar-refractivity contribution in [1.82, 2.24) is 10.3 Å². The van der Waals surface area contributed by atoms with Crippen LogP contribution in [0.5, 0.6) is 0 Å². The lowest BCUT2D eigenvalue weighted by molar-refractivity contribution is -0.117. The average Bonchev–Trinajstić information content (AvgIpc) is 3.00. The molecule has 1 N–H and O–H groups in total. The molecule has 1 aromatic carbocycles. The van der Waals surface area contributed by atoms with E-state index >= 15 is 0 Å². The summed E-state index contributed by atoms with van der Waals surface area (Å²) in [5, 5.41) is 6.33. The largest absolute Gasteiger partial charge is 0.320 e. The van der Waals surface area contributed by atoms with Crippen LogP contribution < -0.4 is 5.32 Å². The van der Waals surface area contributed by atoms with Crippen LogP contribution in [0.3, 0.4) is 0 Å². The molecule has 19 heavy (non-hydrogen) atoms. The fourth-order valence-corrected chi connectivity index (χ4v) is 3.22. The lowest BCUT2D eigenvalue weighted by atomic mass is 10.2. The highest BCUT2D eigenvalue weighted by molar-refractivity contribution is 8.04. The van der Waals surface area contributed by atoms with Crippen molar-refractivity contribution in [2.24, 2.45) is 0 Å². The zero-order valence-electron chi connectivity index (χ0n) is 9.72. The van der Waals surface area contributed by atoms with E-state index in [4.69, 9.17) is 0 Å². The SMILES string of the molecule is O=C1CS/C(=C\c2nc(-c3ccc(F)cc3)cs2)N1. The van der Waals surface area contributed by atoms with Crippen LogP contribution in [0.15, 0.2) is 34.7 Å². The zero-order valence-corrected chi connectivity index (χ0v) is 11.4. The number of benzene rings is 1. The van der Waals surface area contributed by atoms with Gasteiger partial charge in [-0.1, -0.05) is 11.8 Å². The monoisotopic (exact) mass is 292 g/mol. The second-order valence-corrected chi connectivity index (χ2v) is 5.83. The number of aromatic nitrogens is 1. The first-order valence-corrected chi connectivity index (χ1v) is 7.43. The maximum Gasteiger partial charge on any atom is 0.235 e. The van der Waals surface area contributed by atoms with Gasteiger partial charge in [0, 0.05) is 17.0 Å². The first-order chi connectivity index (χ1) is 9.20. The van der Waals surface area contributed by atoms with E-state index in [1.165, 1.54) is 35.2 Å². The Morgan fingerprint density at radius 3 is 2.79 bits per heavy atom. The molecule has 1 amide bonds. The Morgan fingerprint density at radius 2 is 2.11 bits per heavy atom. The van der Waals surface area contributed by atoms with Gasteiger partial charge in [0.05, 0.1) is 16.5 Å². The molecule has 2 aromatic rings. The van der Waals surface area contributed by atoms with E-state index in [1.54, 1.807) is 12.1 Å². The van der Waals surface area contributed by atoms with Gasteiger partial charge in [-0.05, 0) is 24.3 Å². The highest BCUT2D eigenvalue weighted by atomic mass is 32.2. The Hall–Kier alpha value is -1.66. The number of hydrogen-bond acceptors (Lipinski definition) is 4. The van der Waals surface area contributed by atoms with Crippen molar-refractivity contribution >= 4 is 35.1 Å². The molecule has 0 saturated carbocycles. The minimum absolute atomic E-state index is 0.0200. The van der Waals surface area contributed by atoms with Gasteiger partial charge < -0.3 is 5.32 Å². The van der Waals surface area contributed by atoms with Crippen molar-refractivity contribution in [3.63, 3.8) is 0 Å². The number of hydrogen-bond donors (Lipinski definition) is 1. The maximum absolute atomic E-state index is 12.8. The van der Waals surface area contributed by atoms with Gasteiger partial charge in [0.1, 0.15) is 10.8 Å². The second-order valence-electron chi connectivity index (χ2n) is 3.92. The van der Waals surface area contributed by atoms with Gasteiger partial charge in [0.15, 0.2) is 0 Å². The molecule has 1 aromatic heterocycles. The molecule has 0 aliphatic carbocycles. The maximum atomic E-state index is 12.8. The van der Waals surface area contributed by atoms with Crippen molar-refractivity contribution in [3.05, 3.63) is 45.5 Å². The van der Waals surface area contributed by atoms with E-state index in [0.29, 0.717) is 5.75 Å². The Balaban J connectivity index is 1.83. The van der Waals surface area contributed by atoms with Crippen LogP contribution in [0, 0.1) is 5.82 Å². The summed E-state index contributed by atoms with van der Waals surface area (Å²) in [5.74, 6) is 0.222. The standard InChI is InChI=1S/C13H9FN2OS2/c14-9-3-1-8(2-4-9)10-6-18-12(15-10)5-13-16-11(17)7-19-13/h1-6H,7H2,(H,16,17)/b13-5-. The number of nitrogens with zero attached hydrogens (tertiary/aromatic N) is 1. The second kappa shape index (κ2) is 5.14. The molecular formula is C13H9FN2OS2. The predicted molar refractivity (Wildman–Crippen MR) is 76.1 cm³/mol. The summed E-state index contributed by atoms with van der Waals surface area (Å²) in [6.45, 7) is 0. The van der Waals surface area contributed by atoms with E-state index in [1.807, 2.05) is 11.5 Å². The van der Waals surface area contributed by atoms with Crippen molar-refractivity contribution in [2.75, 3.05) is 5.75 Å². The molecule has 3 nitrogen and oxygen atoms in total. The number of amides is 1. The Morgan fingerprint density at radius 1 is 1.32 bits per heavy atom. The normalized spacial score (nSPS) is 16.9. The number of thiazole rings is 1. The van der Waals surface area contributed by atoms with Crippen LogP contribution in [0.1, 0.15) is 5.01 Å². The Bertz CT molecular complexity index is 649. The smallest absolute Gasteiger partial charge is 0.235 e. The summed E-state index contributed by atoms with van der Waals surface area (Å²) in [6, 6.07) is 6.24.